The van der Waals surface area contributed by atoms with Crippen LogP contribution in [0.1, 0.15) is 10.7 Å². The number of hydrogen-bond donors (Lipinski definition) is 0. The highest BCUT2D eigenvalue weighted by atomic mass is 32.2. The predicted octanol–water partition coefficient (Wildman–Crippen LogP) is 3.44. The molecule has 0 radical (unpaired) electrons. The maximum Gasteiger partial charge on any atom is 0.212 e. The number of hydrogen-bond acceptors (Lipinski definition) is 7. The lowest BCUT2D eigenvalue weighted by molar-refractivity contribution is 0.577. The van der Waals surface area contributed by atoms with E-state index in [1.54, 1.807) is 33.9 Å². The van der Waals surface area contributed by atoms with Gasteiger partial charge in [-0.05, 0) is 31.2 Å². The molecule has 0 saturated carbocycles. The second-order valence-corrected chi connectivity index (χ2v) is 6.60. The molecule has 0 aliphatic carbocycles. The zero-order valence-corrected chi connectivity index (χ0v) is 13.3. The van der Waals surface area contributed by atoms with Crippen molar-refractivity contribution in [1.29, 1.82) is 0 Å². The lowest BCUT2D eigenvalue weighted by atomic mass is 10.3. The van der Waals surface area contributed by atoms with E-state index in [-0.39, 0.29) is 0 Å². The number of fused-ring (bicyclic) bond motifs is 1. The van der Waals surface area contributed by atoms with Gasteiger partial charge in [0.15, 0.2) is 11.4 Å². The van der Waals surface area contributed by atoms with Gasteiger partial charge in [-0.15, -0.1) is 21.5 Å². The van der Waals surface area contributed by atoms with E-state index in [1.165, 1.54) is 0 Å². The normalized spacial score (nSPS) is 11.3. The Morgan fingerprint density at radius 1 is 1.27 bits per heavy atom. The van der Waals surface area contributed by atoms with Gasteiger partial charge in [0.2, 0.25) is 5.16 Å². The molecule has 0 aromatic carbocycles. The van der Waals surface area contributed by atoms with Crippen LogP contribution in [-0.4, -0.2) is 24.8 Å². The Labute approximate surface area is 134 Å². The topological polar surface area (TPSA) is 69.1 Å². The number of rotatable bonds is 4. The molecule has 0 aliphatic rings. The minimum absolute atomic E-state index is 0.715. The number of thioether (sulfide) groups is 1. The smallest absolute Gasteiger partial charge is 0.212 e. The minimum atomic E-state index is 0.715. The van der Waals surface area contributed by atoms with Crippen molar-refractivity contribution in [3.8, 4) is 11.5 Å². The molecule has 0 N–H and O–H groups in total. The van der Waals surface area contributed by atoms with Gasteiger partial charge in [0.25, 0.3) is 0 Å². The van der Waals surface area contributed by atoms with Crippen molar-refractivity contribution < 1.29 is 4.42 Å². The summed E-state index contributed by atoms with van der Waals surface area (Å²) in [6.45, 7) is 2.00. The molecule has 4 aromatic rings. The highest BCUT2D eigenvalue weighted by Gasteiger charge is 2.11. The fourth-order valence-electron chi connectivity index (χ4n) is 2.03. The number of aromatic nitrogens is 5. The third kappa shape index (κ3) is 2.51. The third-order valence-corrected chi connectivity index (χ3v) is 4.80. The van der Waals surface area contributed by atoms with E-state index in [4.69, 9.17) is 4.42 Å². The highest BCUT2D eigenvalue weighted by Crippen LogP contribution is 2.24. The van der Waals surface area contributed by atoms with E-state index in [2.05, 4.69) is 25.7 Å². The molecular weight excluding hydrogens is 318 g/mol. The van der Waals surface area contributed by atoms with E-state index >= 15 is 0 Å². The summed E-state index contributed by atoms with van der Waals surface area (Å²) in [5.41, 5.74) is 2.52. The first-order valence-corrected chi connectivity index (χ1v) is 8.46. The van der Waals surface area contributed by atoms with Crippen LogP contribution in [0.15, 0.2) is 45.5 Å². The van der Waals surface area contributed by atoms with E-state index in [0.717, 1.165) is 33.1 Å². The maximum atomic E-state index is 5.38. The quantitative estimate of drug-likeness (QED) is 0.534. The van der Waals surface area contributed by atoms with Crippen LogP contribution in [0, 0.1) is 6.92 Å². The Morgan fingerprint density at radius 3 is 3.00 bits per heavy atom. The van der Waals surface area contributed by atoms with Crippen molar-refractivity contribution in [2.24, 2.45) is 0 Å². The summed E-state index contributed by atoms with van der Waals surface area (Å²) in [6, 6.07) is 7.48. The molecule has 4 aromatic heterocycles. The van der Waals surface area contributed by atoms with Crippen LogP contribution in [0.4, 0.5) is 0 Å². The van der Waals surface area contributed by atoms with Crippen LogP contribution in [0.2, 0.25) is 0 Å². The largest absolute Gasteiger partial charge is 0.463 e. The summed E-state index contributed by atoms with van der Waals surface area (Å²) in [5, 5.41) is 16.8. The van der Waals surface area contributed by atoms with Gasteiger partial charge in [-0.25, -0.2) is 4.98 Å². The van der Waals surface area contributed by atoms with Crippen LogP contribution >= 0.6 is 23.1 Å². The molecule has 110 valence electrons. The third-order valence-electron chi connectivity index (χ3n) is 3.02. The van der Waals surface area contributed by atoms with Crippen molar-refractivity contribution in [2.45, 2.75) is 17.8 Å². The SMILES string of the molecule is Cc1nc(CSc2nnc3ccc(-c4ccco4)nn23)cs1. The number of furan rings is 1. The molecule has 8 heteroatoms. The maximum absolute atomic E-state index is 5.38. The Kier molecular flexibility index (Phi) is 3.39. The van der Waals surface area contributed by atoms with Crippen LogP contribution in [-0.2, 0) is 5.75 Å². The van der Waals surface area contributed by atoms with Crippen LogP contribution in [0.3, 0.4) is 0 Å². The number of nitrogens with zero attached hydrogens (tertiary/aromatic N) is 5. The first-order chi connectivity index (χ1) is 10.8. The molecule has 6 nitrogen and oxygen atoms in total. The monoisotopic (exact) mass is 329 g/mol. The zero-order valence-electron chi connectivity index (χ0n) is 11.6. The molecule has 0 aliphatic heterocycles. The Bertz CT molecular complexity index is 913. The molecule has 0 saturated heterocycles. The average molecular weight is 329 g/mol. The summed E-state index contributed by atoms with van der Waals surface area (Å²) < 4.78 is 7.12. The standard InChI is InChI=1S/C14H11N5OS2/c1-9-15-10(7-21-9)8-22-14-17-16-13-5-4-11(18-19(13)14)12-3-2-6-20-12/h2-7H,8H2,1H3. The van der Waals surface area contributed by atoms with Gasteiger partial charge >= 0.3 is 0 Å². The second kappa shape index (κ2) is 5.54. The molecule has 0 unspecified atom stereocenters. The fraction of sp³-hybridized carbons (Fsp3) is 0.143. The molecule has 4 rings (SSSR count). The first kappa shape index (κ1) is 13.5. The van der Waals surface area contributed by atoms with E-state index in [0.29, 0.717) is 5.65 Å². The average Bonchev–Trinajstić information content (AvgIpc) is 3.25. The molecule has 0 fully saturated rings. The molecular formula is C14H11N5OS2. The molecule has 0 bridgehead atoms. The Morgan fingerprint density at radius 2 is 2.23 bits per heavy atom. The number of aryl methyl sites for hydroxylation is 1. The van der Waals surface area contributed by atoms with Gasteiger partial charge in [-0.2, -0.15) is 9.61 Å². The summed E-state index contributed by atoms with van der Waals surface area (Å²) in [4.78, 5) is 4.45. The van der Waals surface area contributed by atoms with Crippen molar-refractivity contribution in [3.05, 3.63) is 46.6 Å². The molecule has 4 heterocycles. The highest BCUT2D eigenvalue weighted by molar-refractivity contribution is 7.98. The van der Waals surface area contributed by atoms with Crippen LogP contribution in [0.25, 0.3) is 17.1 Å². The van der Waals surface area contributed by atoms with E-state index in [1.807, 2.05) is 31.2 Å². The first-order valence-electron chi connectivity index (χ1n) is 6.60. The summed E-state index contributed by atoms with van der Waals surface area (Å²) in [5.74, 6) is 1.47. The predicted molar refractivity (Wildman–Crippen MR) is 84.9 cm³/mol. The van der Waals surface area contributed by atoms with Crippen LogP contribution in [0.5, 0.6) is 0 Å². The lowest BCUT2D eigenvalue weighted by Crippen LogP contribution is -1.96. The Hall–Kier alpha value is -2.19. The number of thiazole rings is 1. The minimum Gasteiger partial charge on any atom is -0.463 e. The van der Waals surface area contributed by atoms with Gasteiger partial charge in [-0.1, -0.05) is 11.8 Å². The van der Waals surface area contributed by atoms with E-state index < -0.39 is 0 Å². The lowest BCUT2D eigenvalue weighted by Gasteiger charge is -2.00. The van der Waals surface area contributed by atoms with Crippen molar-refractivity contribution in [3.63, 3.8) is 0 Å². The van der Waals surface area contributed by atoms with E-state index in [9.17, 15) is 0 Å². The zero-order chi connectivity index (χ0) is 14.9. The second-order valence-electron chi connectivity index (χ2n) is 4.59. The van der Waals surface area contributed by atoms with Gasteiger partial charge in [0, 0.05) is 11.1 Å². The Balaban J connectivity index is 1.64. The van der Waals surface area contributed by atoms with Gasteiger partial charge in [0.05, 0.1) is 17.0 Å². The van der Waals surface area contributed by atoms with Gasteiger partial charge < -0.3 is 4.42 Å². The van der Waals surface area contributed by atoms with Crippen LogP contribution < -0.4 is 0 Å². The van der Waals surface area contributed by atoms with Crippen molar-refractivity contribution >= 4 is 28.7 Å². The van der Waals surface area contributed by atoms with Crippen molar-refractivity contribution in [1.82, 2.24) is 24.8 Å². The van der Waals surface area contributed by atoms with Gasteiger partial charge in [-0.3, -0.25) is 0 Å². The summed E-state index contributed by atoms with van der Waals surface area (Å²) in [6.07, 6.45) is 1.63. The summed E-state index contributed by atoms with van der Waals surface area (Å²) >= 11 is 3.22. The molecule has 0 amide bonds. The van der Waals surface area contributed by atoms with Crippen molar-refractivity contribution in [2.75, 3.05) is 0 Å². The fourth-order valence-corrected chi connectivity index (χ4v) is 3.53. The van der Waals surface area contributed by atoms with Gasteiger partial charge in [0.1, 0.15) is 5.69 Å². The molecule has 0 spiro atoms. The molecule has 22 heavy (non-hydrogen) atoms. The summed E-state index contributed by atoms with van der Waals surface area (Å²) in [7, 11) is 0. The molecule has 0 atom stereocenters.